The molecule has 0 amide bonds. The van der Waals surface area contributed by atoms with Crippen LogP contribution in [0.25, 0.3) is 0 Å². The molecule has 0 aliphatic rings. The molecule has 0 saturated heterocycles. The van der Waals surface area contributed by atoms with Gasteiger partial charge in [0.1, 0.15) is 0 Å². The number of halogens is 1. The summed E-state index contributed by atoms with van der Waals surface area (Å²) >= 11 is 3.59. The molecule has 1 rings (SSSR count). The average Bonchev–Trinajstić information content (AvgIpc) is 2.26. The predicted molar refractivity (Wildman–Crippen MR) is 71.6 cm³/mol. The molecule has 0 heterocycles. The second-order valence-corrected chi connectivity index (χ2v) is 5.11. The molecule has 0 aliphatic heterocycles. The van der Waals surface area contributed by atoms with E-state index >= 15 is 0 Å². The molecule has 2 atom stereocenters. The van der Waals surface area contributed by atoms with Crippen LogP contribution in [0.4, 0.5) is 0 Å². The Bertz CT molecular complexity index is 341. The van der Waals surface area contributed by atoms with Gasteiger partial charge >= 0.3 is 0 Å². The molecule has 2 nitrogen and oxygen atoms in total. The van der Waals surface area contributed by atoms with Crippen LogP contribution in [-0.2, 0) is 0 Å². The summed E-state index contributed by atoms with van der Waals surface area (Å²) in [5.41, 5.74) is 7.96. The number of aliphatic hydroxyl groups excluding tert-OH is 1. The third-order valence-electron chi connectivity index (χ3n) is 2.92. The summed E-state index contributed by atoms with van der Waals surface area (Å²) in [5, 5.41) is 9.63. The fourth-order valence-electron chi connectivity index (χ4n) is 1.90. The zero-order valence-corrected chi connectivity index (χ0v) is 11.5. The van der Waals surface area contributed by atoms with Gasteiger partial charge in [0.05, 0.1) is 6.10 Å². The topological polar surface area (TPSA) is 46.2 Å². The first-order valence-electron chi connectivity index (χ1n) is 5.72. The number of rotatable bonds is 5. The molecule has 3 N–H and O–H groups in total. The Morgan fingerprint density at radius 3 is 2.62 bits per heavy atom. The lowest BCUT2D eigenvalue weighted by molar-refractivity contribution is 0.162. The van der Waals surface area contributed by atoms with Crippen molar-refractivity contribution in [1.29, 1.82) is 0 Å². The highest BCUT2D eigenvalue weighted by atomic mass is 79.9. The summed E-state index contributed by atoms with van der Waals surface area (Å²) in [6, 6.07) is 6.36. The maximum Gasteiger partial charge on any atom is 0.0668 e. The number of aliphatic hydroxyl groups is 1. The van der Waals surface area contributed by atoms with Crippen molar-refractivity contribution in [2.75, 3.05) is 6.54 Å². The summed E-state index contributed by atoms with van der Waals surface area (Å²) in [4.78, 5) is 0. The van der Waals surface area contributed by atoms with Crippen molar-refractivity contribution in [2.24, 2.45) is 5.73 Å². The Labute approximate surface area is 106 Å². The van der Waals surface area contributed by atoms with Gasteiger partial charge in [-0.25, -0.2) is 0 Å². The third kappa shape index (κ3) is 3.58. The molecule has 0 bridgehead atoms. The van der Waals surface area contributed by atoms with Gasteiger partial charge in [-0.15, -0.1) is 0 Å². The van der Waals surface area contributed by atoms with Gasteiger partial charge in [-0.2, -0.15) is 0 Å². The molecule has 0 aliphatic carbocycles. The Kier molecular flexibility index (Phi) is 5.46. The molecule has 0 saturated carbocycles. The number of hydrogen-bond donors (Lipinski definition) is 2. The summed E-state index contributed by atoms with van der Waals surface area (Å²) < 4.78 is 1.13. The fourth-order valence-corrected chi connectivity index (χ4v) is 2.72. The van der Waals surface area contributed by atoms with Crippen LogP contribution in [0.3, 0.4) is 0 Å². The second kappa shape index (κ2) is 6.38. The summed E-state index contributed by atoms with van der Waals surface area (Å²) in [6.07, 6.45) is 1.34. The van der Waals surface area contributed by atoms with E-state index in [-0.39, 0.29) is 0 Å². The maximum atomic E-state index is 9.63. The molecule has 0 aromatic heterocycles. The van der Waals surface area contributed by atoms with Crippen molar-refractivity contribution < 1.29 is 5.11 Å². The molecule has 0 fully saturated rings. The number of benzene rings is 1. The Morgan fingerprint density at radius 1 is 1.44 bits per heavy atom. The van der Waals surface area contributed by atoms with E-state index in [1.54, 1.807) is 0 Å². The first-order chi connectivity index (χ1) is 7.58. The van der Waals surface area contributed by atoms with Crippen molar-refractivity contribution in [3.05, 3.63) is 33.8 Å². The molecule has 90 valence electrons. The molecule has 2 unspecified atom stereocenters. The van der Waals surface area contributed by atoms with Crippen molar-refractivity contribution >= 4 is 15.9 Å². The highest BCUT2D eigenvalue weighted by molar-refractivity contribution is 9.10. The van der Waals surface area contributed by atoms with Crippen molar-refractivity contribution in [2.45, 2.75) is 38.7 Å². The molecule has 0 spiro atoms. The van der Waals surface area contributed by atoms with E-state index in [0.717, 1.165) is 17.3 Å². The van der Waals surface area contributed by atoms with Crippen LogP contribution in [0.1, 0.15) is 36.8 Å². The molecule has 1 aromatic rings. The van der Waals surface area contributed by atoms with Gasteiger partial charge in [0.2, 0.25) is 0 Å². The second-order valence-electron chi connectivity index (χ2n) is 4.26. The van der Waals surface area contributed by atoms with Gasteiger partial charge in [-0.05, 0) is 42.9 Å². The number of nitrogens with two attached hydrogens (primary N) is 1. The molecule has 1 aromatic carbocycles. The smallest absolute Gasteiger partial charge is 0.0668 e. The zero-order valence-electron chi connectivity index (χ0n) is 9.91. The molecular formula is C13H20BrNO. The predicted octanol–water partition coefficient (Wildman–Crippen LogP) is 2.96. The third-order valence-corrected chi connectivity index (χ3v) is 3.60. The van der Waals surface area contributed by atoms with Crippen LogP contribution in [-0.4, -0.2) is 17.8 Å². The average molecular weight is 286 g/mol. The van der Waals surface area contributed by atoms with Gasteiger partial charge in [-0.3, -0.25) is 0 Å². The highest BCUT2D eigenvalue weighted by Gasteiger charge is 2.16. The van der Waals surface area contributed by atoms with E-state index in [9.17, 15) is 5.11 Å². The van der Waals surface area contributed by atoms with Gasteiger partial charge < -0.3 is 10.8 Å². The van der Waals surface area contributed by atoms with E-state index in [1.807, 2.05) is 0 Å². The van der Waals surface area contributed by atoms with Gasteiger partial charge in [-0.1, -0.05) is 35.0 Å². The Morgan fingerprint density at radius 2 is 2.12 bits per heavy atom. The molecule has 3 heteroatoms. The quantitative estimate of drug-likeness (QED) is 0.874. The molecular weight excluding hydrogens is 266 g/mol. The first kappa shape index (κ1) is 13.7. The monoisotopic (exact) mass is 285 g/mol. The lowest BCUT2D eigenvalue weighted by Crippen LogP contribution is -2.22. The first-order valence-corrected chi connectivity index (χ1v) is 6.52. The largest absolute Gasteiger partial charge is 0.392 e. The van der Waals surface area contributed by atoms with Gasteiger partial charge in [0, 0.05) is 11.0 Å². The maximum absolute atomic E-state index is 9.63. The lowest BCUT2D eigenvalue weighted by atomic mass is 9.90. The zero-order chi connectivity index (χ0) is 12.1. The SMILES string of the molecule is CCC(CC(O)CN)c1ccc(C)cc1Br. The van der Waals surface area contributed by atoms with Gasteiger partial charge in [0.15, 0.2) is 0 Å². The summed E-state index contributed by atoms with van der Waals surface area (Å²) in [7, 11) is 0. The minimum absolute atomic E-state index is 0.333. The van der Waals surface area contributed by atoms with E-state index in [1.165, 1.54) is 11.1 Å². The van der Waals surface area contributed by atoms with Crippen molar-refractivity contribution in [1.82, 2.24) is 0 Å². The minimum atomic E-state index is -0.404. The lowest BCUT2D eigenvalue weighted by Gasteiger charge is -2.20. The van der Waals surface area contributed by atoms with Crippen LogP contribution in [0.15, 0.2) is 22.7 Å². The van der Waals surface area contributed by atoms with Crippen molar-refractivity contribution in [3.63, 3.8) is 0 Å². The van der Waals surface area contributed by atoms with Crippen LogP contribution in [0.2, 0.25) is 0 Å². The number of hydrogen-bond acceptors (Lipinski definition) is 2. The van der Waals surface area contributed by atoms with E-state index in [4.69, 9.17) is 5.73 Å². The molecule has 16 heavy (non-hydrogen) atoms. The van der Waals surface area contributed by atoms with Crippen LogP contribution >= 0.6 is 15.9 Å². The standard InChI is InChI=1S/C13H20BrNO/c1-3-10(7-11(16)8-15)12-5-4-9(2)6-13(12)14/h4-6,10-11,16H,3,7-8,15H2,1-2H3. The van der Waals surface area contributed by atoms with Crippen LogP contribution in [0, 0.1) is 6.92 Å². The Balaban J connectivity index is 2.86. The normalized spacial score (nSPS) is 14.8. The summed E-state index contributed by atoms with van der Waals surface area (Å²) in [5.74, 6) is 0.369. The fraction of sp³-hybridized carbons (Fsp3) is 0.538. The van der Waals surface area contributed by atoms with E-state index < -0.39 is 6.10 Å². The highest BCUT2D eigenvalue weighted by Crippen LogP contribution is 2.31. The number of aryl methyl sites for hydroxylation is 1. The van der Waals surface area contributed by atoms with Crippen molar-refractivity contribution in [3.8, 4) is 0 Å². The van der Waals surface area contributed by atoms with Gasteiger partial charge in [0.25, 0.3) is 0 Å². The minimum Gasteiger partial charge on any atom is -0.392 e. The molecule has 0 radical (unpaired) electrons. The summed E-state index contributed by atoms with van der Waals surface area (Å²) in [6.45, 7) is 4.55. The van der Waals surface area contributed by atoms with E-state index in [2.05, 4.69) is 48.0 Å². The van der Waals surface area contributed by atoms with Crippen LogP contribution in [0.5, 0.6) is 0 Å². The van der Waals surface area contributed by atoms with Crippen LogP contribution < -0.4 is 5.73 Å². The Hall–Kier alpha value is -0.380. The van der Waals surface area contributed by atoms with E-state index in [0.29, 0.717) is 12.5 Å².